The van der Waals surface area contributed by atoms with Gasteiger partial charge < -0.3 is 10.4 Å². The number of aliphatic hydroxyl groups is 1. The van der Waals surface area contributed by atoms with Crippen molar-refractivity contribution >= 4 is 52.7 Å². The van der Waals surface area contributed by atoms with E-state index >= 15 is 0 Å². The third-order valence-corrected chi connectivity index (χ3v) is 7.35. The molecule has 0 aliphatic heterocycles. The standard InChI is InChI=1S/C17H19Cl2FN2O.C12H6Cl2FNO/c1-10(2)17(9-23)21-8-16-14(20)5-6-15(22-16)11-3-4-12(18)13(19)7-11;13-8-2-1-7(5-9(8)14)11-4-3-10(15)12(6-17)16-11/h3-7,10,17,21,23H,8-9H2,1-2H3;1-6H/t17-;/m0./s1. The number of aromatic nitrogens is 2. The molecule has 2 aromatic carbocycles. The first-order valence-corrected chi connectivity index (χ1v) is 13.6. The van der Waals surface area contributed by atoms with Gasteiger partial charge in [-0.15, -0.1) is 0 Å². The second-order valence-corrected chi connectivity index (χ2v) is 10.6. The molecular formula is C29H25Cl4F2N3O2. The normalized spacial score (nSPS) is 11.7. The Morgan fingerprint density at radius 1 is 0.800 bits per heavy atom. The minimum absolute atomic E-state index is 0.00817. The Kier molecular flexibility index (Phi) is 11.8. The minimum atomic E-state index is -0.649. The first-order valence-electron chi connectivity index (χ1n) is 12.1. The lowest BCUT2D eigenvalue weighted by molar-refractivity contribution is 0.111. The van der Waals surface area contributed by atoms with Crippen LogP contribution in [-0.4, -0.2) is 34.0 Å². The predicted octanol–water partition coefficient (Wildman–Crippen LogP) is 8.31. The van der Waals surface area contributed by atoms with Crippen molar-refractivity contribution in [2.24, 2.45) is 5.92 Å². The fraction of sp³-hybridized carbons (Fsp3) is 0.207. The molecule has 0 spiro atoms. The summed E-state index contributed by atoms with van der Waals surface area (Å²) in [5.41, 5.74) is 2.59. The van der Waals surface area contributed by atoms with Crippen LogP contribution < -0.4 is 5.32 Å². The van der Waals surface area contributed by atoms with Gasteiger partial charge in [0.05, 0.1) is 43.8 Å². The zero-order valence-corrected chi connectivity index (χ0v) is 24.5. The summed E-state index contributed by atoms with van der Waals surface area (Å²) in [5, 5.41) is 14.1. The van der Waals surface area contributed by atoms with Crippen molar-refractivity contribution in [2.75, 3.05) is 6.61 Å². The van der Waals surface area contributed by atoms with Crippen LogP contribution in [0, 0.1) is 17.6 Å². The zero-order chi connectivity index (χ0) is 29.4. The number of rotatable bonds is 8. The molecule has 210 valence electrons. The number of carbonyl (C=O) groups is 1. The number of nitrogens with zero attached hydrogens (tertiary/aromatic N) is 2. The van der Waals surface area contributed by atoms with Gasteiger partial charge in [-0.1, -0.05) is 72.4 Å². The van der Waals surface area contributed by atoms with Gasteiger partial charge in [0.25, 0.3) is 0 Å². The second kappa shape index (κ2) is 14.8. The molecule has 4 aromatic rings. The van der Waals surface area contributed by atoms with Gasteiger partial charge in [-0.3, -0.25) is 4.79 Å². The molecule has 2 heterocycles. The maximum absolute atomic E-state index is 14.0. The van der Waals surface area contributed by atoms with Crippen molar-refractivity contribution in [2.45, 2.75) is 26.4 Å². The lowest BCUT2D eigenvalue weighted by Crippen LogP contribution is -2.36. The summed E-state index contributed by atoms with van der Waals surface area (Å²) < 4.78 is 27.1. The number of aliphatic hydroxyl groups excluding tert-OH is 1. The highest BCUT2D eigenvalue weighted by molar-refractivity contribution is 6.42. The molecule has 5 nitrogen and oxygen atoms in total. The van der Waals surface area contributed by atoms with E-state index < -0.39 is 5.82 Å². The molecule has 4 rings (SSSR count). The highest BCUT2D eigenvalue weighted by Gasteiger charge is 2.14. The summed E-state index contributed by atoms with van der Waals surface area (Å²) in [4.78, 5) is 18.8. The molecule has 0 aliphatic rings. The van der Waals surface area contributed by atoms with Gasteiger partial charge in [-0.25, -0.2) is 18.7 Å². The maximum Gasteiger partial charge on any atom is 0.171 e. The van der Waals surface area contributed by atoms with Crippen LogP contribution in [-0.2, 0) is 6.54 Å². The van der Waals surface area contributed by atoms with E-state index in [0.29, 0.717) is 49.0 Å². The van der Waals surface area contributed by atoms with Crippen LogP contribution in [0.15, 0.2) is 60.7 Å². The van der Waals surface area contributed by atoms with Gasteiger partial charge in [0.1, 0.15) is 11.5 Å². The number of pyridine rings is 2. The number of nitrogens with one attached hydrogen (secondary N) is 1. The fourth-order valence-corrected chi connectivity index (χ4v) is 4.12. The fourth-order valence-electron chi connectivity index (χ4n) is 3.52. The monoisotopic (exact) mass is 625 g/mol. The first kappa shape index (κ1) is 31.9. The Bertz CT molecular complexity index is 1490. The first-order chi connectivity index (χ1) is 19.0. The summed E-state index contributed by atoms with van der Waals surface area (Å²) in [7, 11) is 0. The topological polar surface area (TPSA) is 75.1 Å². The van der Waals surface area contributed by atoms with E-state index in [2.05, 4.69) is 15.3 Å². The number of aldehydes is 1. The van der Waals surface area contributed by atoms with Crippen LogP contribution in [0.4, 0.5) is 8.78 Å². The number of carbonyl (C=O) groups excluding carboxylic acids is 1. The largest absolute Gasteiger partial charge is 0.395 e. The third-order valence-electron chi connectivity index (χ3n) is 5.87. The Morgan fingerprint density at radius 3 is 1.80 bits per heavy atom. The van der Waals surface area contributed by atoms with Crippen LogP contribution in [0.25, 0.3) is 22.5 Å². The number of hydrogen-bond acceptors (Lipinski definition) is 5. The minimum Gasteiger partial charge on any atom is -0.395 e. The summed E-state index contributed by atoms with van der Waals surface area (Å²) in [6.45, 7) is 4.21. The SMILES string of the molecule is CC(C)[C@H](CO)NCc1nc(-c2ccc(Cl)c(Cl)c2)ccc1F.O=Cc1nc(-c2ccc(Cl)c(Cl)c2)ccc1F. The molecular weight excluding hydrogens is 602 g/mol. The Balaban J connectivity index is 0.000000230. The lowest BCUT2D eigenvalue weighted by atomic mass is 10.1. The third kappa shape index (κ3) is 8.43. The molecule has 11 heteroatoms. The molecule has 0 unspecified atom stereocenters. The summed E-state index contributed by atoms with van der Waals surface area (Å²) in [6.07, 6.45) is 0.371. The van der Waals surface area contributed by atoms with Gasteiger partial charge in [0.15, 0.2) is 12.1 Å². The Hall–Kier alpha value is -2.65. The number of hydrogen-bond donors (Lipinski definition) is 2. The van der Waals surface area contributed by atoms with Gasteiger partial charge in [0, 0.05) is 23.7 Å². The summed E-state index contributed by atoms with van der Waals surface area (Å²) in [5.74, 6) is -0.799. The molecule has 0 fully saturated rings. The van der Waals surface area contributed by atoms with Gasteiger partial charge in [-0.05, 0) is 54.4 Å². The zero-order valence-electron chi connectivity index (χ0n) is 21.4. The molecule has 40 heavy (non-hydrogen) atoms. The van der Waals surface area contributed by atoms with Gasteiger partial charge in [-0.2, -0.15) is 0 Å². The average Bonchev–Trinajstić information content (AvgIpc) is 2.93. The highest BCUT2D eigenvalue weighted by atomic mass is 35.5. The van der Waals surface area contributed by atoms with Crippen molar-refractivity contribution in [3.8, 4) is 22.5 Å². The molecule has 0 saturated carbocycles. The molecule has 1 atom stereocenters. The van der Waals surface area contributed by atoms with E-state index in [9.17, 15) is 18.7 Å². The molecule has 2 N–H and O–H groups in total. The molecule has 0 bridgehead atoms. The van der Waals surface area contributed by atoms with E-state index in [0.717, 1.165) is 5.56 Å². The van der Waals surface area contributed by atoms with E-state index in [1.165, 1.54) is 18.2 Å². The van der Waals surface area contributed by atoms with Crippen molar-refractivity contribution in [1.82, 2.24) is 15.3 Å². The Morgan fingerprint density at radius 2 is 1.32 bits per heavy atom. The van der Waals surface area contributed by atoms with Gasteiger partial charge >= 0.3 is 0 Å². The molecule has 0 amide bonds. The maximum atomic E-state index is 14.0. The smallest absolute Gasteiger partial charge is 0.171 e. The quantitative estimate of drug-likeness (QED) is 0.192. The van der Waals surface area contributed by atoms with Crippen molar-refractivity contribution in [3.05, 3.63) is 104 Å². The van der Waals surface area contributed by atoms with Crippen LogP contribution in [0.5, 0.6) is 0 Å². The summed E-state index contributed by atoms with van der Waals surface area (Å²) in [6, 6.07) is 15.6. The van der Waals surface area contributed by atoms with E-state index in [1.807, 2.05) is 13.8 Å². The van der Waals surface area contributed by atoms with E-state index in [-0.39, 0.29) is 36.6 Å². The molecule has 0 saturated heterocycles. The summed E-state index contributed by atoms with van der Waals surface area (Å²) >= 11 is 23.6. The Labute approximate surface area is 251 Å². The van der Waals surface area contributed by atoms with Crippen LogP contribution in [0.2, 0.25) is 20.1 Å². The molecule has 2 aromatic heterocycles. The number of benzene rings is 2. The van der Waals surface area contributed by atoms with Crippen LogP contribution in [0.1, 0.15) is 30.0 Å². The lowest BCUT2D eigenvalue weighted by Gasteiger charge is -2.20. The second-order valence-electron chi connectivity index (χ2n) is 8.98. The van der Waals surface area contributed by atoms with Crippen molar-refractivity contribution in [3.63, 3.8) is 0 Å². The van der Waals surface area contributed by atoms with Crippen molar-refractivity contribution in [1.29, 1.82) is 0 Å². The average molecular weight is 627 g/mol. The van der Waals surface area contributed by atoms with Crippen molar-refractivity contribution < 1.29 is 18.7 Å². The number of halogens is 6. The molecule has 0 radical (unpaired) electrons. The predicted molar refractivity (Wildman–Crippen MR) is 157 cm³/mol. The van der Waals surface area contributed by atoms with E-state index in [4.69, 9.17) is 46.4 Å². The van der Waals surface area contributed by atoms with Crippen LogP contribution in [0.3, 0.4) is 0 Å². The van der Waals surface area contributed by atoms with Crippen LogP contribution >= 0.6 is 46.4 Å². The highest BCUT2D eigenvalue weighted by Crippen LogP contribution is 2.29. The van der Waals surface area contributed by atoms with E-state index in [1.54, 1.807) is 42.5 Å². The molecule has 0 aliphatic carbocycles. The van der Waals surface area contributed by atoms with Gasteiger partial charge in [0.2, 0.25) is 0 Å².